The largest absolute Gasteiger partial charge is 0.396 e. The summed E-state index contributed by atoms with van der Waals surface area (Å²) in [6, 6.07) is 0. The molecular formula is C7H16O3. The van der Waals surface area contributed by atoms with Crippen molar-refractivity contribution in [1.82, 2.24) is 0 Å². The van der Waals surface area contributed by atoms with Crippen LogP contribution >= 0.6 is 0 Å². The third kappa shape index (κ3) is 4.73. The predicted octanol–water partition coefficient (Wildman–Crippen LogP) is -0.250. The molecule has 0 amide bonds. The monoisotopic (exact) mass is 148 g/mol. The summed E-state index contributed by atoms with van der Waals surface area (Å²) >= 11 is 0. The van der Waals surface area contributed by atoms with E-state index in [1.54, 1.807) is 0 Å². The molecule has 0 aromatic carbocycles. The van der Waals surface area contributed by atoms with Gasteiger partial charge in [0.1, 0.15) is 0 Å². The van der Waals surface area contributed by atoms with E-state index >= 15 is 0 Å². The Labute approximate surface area is 61.3 Å². The second-order valence-electron chi connectivity index (χ2n) is 2.43. The lowest BCUT2D eigenvalue weighted by Crippen LogP contribution is -2.08. The van der Waals surface area contributed by atoms with Gasteiger partial charge in [-0.05, 0) is 25.2 Å². The zero-order valence-corrected chi connectivity index (χ0v) is 6.16. The maximum atomic E-state index is 8.69. The van der Waals surface area contributed by atoms with Gasteiger partial charge in [-0.2, -0.15) is 0 Å². The van der Waals surface area contributed by atoms with Crippen molar-refractivity contribution in [3.8, 4) is 0 Å². The van der Waals surface area contributed by atoms with Gasteiger partial charge in [-0.15, -0.1) is 0 Å². The van der Waals surface area contributed by atoms with Crippen molar-refractivity contribution in [2.24, 2.45) is 5.92 Å². The summed E-state index contributed by atoms with van der Waals surface area (Å²) < 4.78 is 0. The molecule has 3 heteroatoms. The number of rotatable bonds is 6. The number of aliphatic hydroxyl groups excluding tert-OH is 3. The van der Waals surface area contributed by atoms with Crippen LogP contribution in [-0.4, -0.2) is 35.1 Å². The zero-order chi connectivity index (χ0) is 7.82. The lowest BCUT2D eigenvalue weighted by molar-refractivity contribution is 0.166. The number of hydrogen-bond donors (Lipinski definition) is 3. The van der Waals surface area contributed by atoms with E-state index in [1.807, 2.05) is 0 Å². The van der Waals surface area contributed by atoms with Crippen molar-refractivity contribution in [3.63, 3.8) is 0 Å². The molecule has 1 atom stereocenters. The van der Waals surface area contributed by atoms with Crippen LogP contribution in [0.5, 0.6) is 0 Å². The molecule has 0 unspecified atom stereocenters. The second-order valence-corrected chi connectivity index (χ2v) is 2.43. The Morgan fingerprint density at radius 1 is 0.900 bits per heavy atom. The minimum Gasteiger partial charge on any atom is -0.396 e. The predicted molar refractivity (Wildman–Crippen MR) is 38.6 cm³/mol. The summed E-state index contributed by atoms with van der Waals surface area (Å²) in [6.45, 7) is 0.402. The van der Waals surface area contributed by atoms with E-state index in [9.17, 15) is 0 Å². The molecule has 0 spiro atoms. The smallest absolute Gasteiger partial charge is 0.0460 e. The van der Waals surface area contributed by atoms with Crippen LogP contribution in [0.15, 0.2) is 0 Å². The molecule has 0 aliphatic carbocycles. The molecule has 0 aromatic heterocycles. The molecule has 0 aromatic rings. The van der Waals surface area contributed by atoms with E-state index < -0.39 is 0 Å². The minimum absolute atomic E-state index is 0.112. The van der Waals surface area contributed by atoms with Crippen molar-refractivity contribution >= 4 is 0 Å². The van der Waals surface area contributed by atoms with Gasteiger partial charge in [0.2, 0.25) is 0 Å². The molecule has 0 bridgehead atoms. The van der Waals surface area contributed by atoms with Crippen molar-refractivity contribution in [1.29, 1.82) is 0 Å². The minimum atomic E-state index is 0.112. The molecule has 3 N–H and O–H groups in total. The molecule has 0 aliphatic rings. The lowest BCUT2D eigenvalue weighted by Gasteiger charge is -2.10. The second kappa shape index (κ2) is 6.99. The lowest BCUT2D eigenvalue weighted by atomic mass is 10.0. The van der Waals surface area contributed by atoms with Crippen molar-refractivity contribution in [2.75, 3.05) is 19.8 Å². The Bertz CT molecular complexity index is 65.9. The van der Waals surface area contributed by atoms with Crippen LogP contribution in [0.4, 0.5) is 0 Å². The molecule has 0 rings (SSSR count). The van der Waals surface area contributed by atoms with E-state index in [0.717, 1.165) is 6.42 Å². The highest BCUT2D eigenvalue weighted by molar-refractivity contribution is 4.56. The van der Waals surface area contributed by atoms with Gasteiger partial charge in [-0.3, -0.25) is 0 Å². The Hall–Kier alpha value is -0.120. The van der Waals surface area contributed by atoms with Crippen LogP contribution < -0.4 is 0 Å². The fourth-order valence-electron chi connectivity index (χ4n) is 0.889. The highest BCUT2D eigenvalue weighted by atomic mass is 16.3. The Morgan fingerprint density at radius 3 is 2.00 bits per heavy atom. The first-order chi connectivity index (χ1) is 4.85. The summed E-state index contributed by atoms with van der Waals surface area (Å²) in [4.78, 5) is 0. The number of hydrogen-bond acceptors (Lipinski definition) is 3. The topological polar surface area (TPSA) is 60.7 Å². The molecule has 0 saturated carbocycles. The quantitative estimate of drug-likeness (QED) is 0.487. The van der Waals surface area contributed by atoms with Crippen LogP contribution in [0.3, 0.4) is 0 Å². The van der Waals surface area contributed by atoms with Crippen LogP contribution in [0.2, 0.25) is 0 Å². The molecule has 0 radical (unpaired) electrons. The fourth-order valence-corrected chi connectivity index (χ4v) is 0.889. The van der Waals surface area contributed by atoms with E-state index in [2.05, 4.69) is 0 Å². The van der Waals surface area contributed by atoms with Gasteiger partial charge in [-0.25, -0.2) is 0 Å². The van der Waals surface area contributed by atoms with E-state index in [1.165, 1.54) is 0 Å². The van der Waals surface area contributed by atoms with Crippen molar-refractivity contribution in [2.45, 2.75) is 19.3 Å². The van der Waals surface area contributed by atoms with Crippen LogP contribution in [0.25, 0.3) is 0 Å². The summed E-state index contributed by atoms with van der Waals surface area (Å²) in [6.07, 6.45) is 2.15. The summed E-state index contributed by atoms with van der Waals surface area (Å²) in [5, 5.41) is 25.6. The van der Waals surface area contributed by atoms with Gasteiger partial charge in [0.15, 0.2) is 0 Å². The zero-order valence-electron chi connectivity index (χ0n) is 6.16. The van der Waals surface area contributed by atoms with Gasteiger partial charge in [0.05, 0.1) is 0 Å². The first-order valence-corrected chi connectivity index (χ1v) is 3.67. The van der Waals surface area contributed by atoms with Crippen molar-refractivity contribution < 1.29 is 15.3 Å². The maximum Gasteiger partial charge on any atom is 0.0460 e. The third-order valence-electron chi connectivity index (χ3n) is 1.57. The highest BCUT2D eigenvalue weighted by Crippen LogP contribution is 2.08. The average Bonchev–Trinajstić information content (AvgIpc) is 1.98. The molecule has 0 aliphatic heterocycles. The van der Waals surface area contributed by atoms with Gasteiger partial charge < -0.3 is 15.3 Å². The SMILES string of the molecule is OCCC[C@@H](CO)CCO. The standard InChI is InChI=1S/C7H16O3/c8-4-1-2-7(6-10)3-5-9/h7-10H,1-6H2/t7-/m1/s1. The van der Waals surface area contributed by atoms with Crippen molar-refractivity contribution in [3.05, 3.63) is 0 Å². The summed E-state index contributed by atoms with van der Waals surface area (Å²) in [5.74, 6) is 0.164. The first kappa shape index (κ1) is 9.88. The number of aliphatic hydroxyl groups is 3. The van der Waals surface area contributed by atoms with Crippen LogP contribution in [-0.2, 0) is 0 Å². The average molecular weight is 148 g/mol. The molecule has 0 fully saturated rings. The van der Waals surface area contributed by atoms with Gasteiger partial charge in [0.25, 0.3) is 0 Å². The van der Waals surface area contributed by atoms with Gasteiger partial charge >= 0.3 is 0 Å². The van der Waals surface area contributed by atoms with Gasteiger partial charge in [0, 0.05) is 19.8 Å². The first-order valence-electron chi connectivity index (χ1n) is 3.67. The Morgan fingerprint density at radius 2 is 1.60 bits per heavy atom. The van der Waals surface area contributed by atoms with Gasteiger partial charge in [-0.1, -0.05) is 0 Å². The maximum absolute atomic E-state index is 8.69. The molecule has 10 heavy (non-hydrogen) atoms. The summed E-state index contributed by atoms with van der Waals surface area (Å²) in [5.41, 5.74) is 0. The molecule has 0 heterocycles. The molecule has 0 saturated heterocycles. The fraction of sp³-hybridized carbons (Fsp3) is 1.00. The molecule has 62 valence electrons. The Kier molecular flexibility index (Phi) is 6.91. The Balaban J connectivity index is 3.21. The molecular weight excluding hydrogens is 132 g/mol. The highest BCUT2D eigenvalue weighted by Gasteiger charge is 2.04. The normalized spacial score (nSPS) is 13.5. The summed E-state index contributed by atoms with van der Waals surface area (Å²) in [7, 11) is 0. The third-order valence-corrected chi connectivity index (χ3v) is 1.57. The van der Waals surface area contributed by atoms with E-state index in [-0.39, 0.29) is 25.7 Å². The van der Waals surface area contributed by atoms with E-state index in [4.69, 9.17) is 15.3 Å². The van der Waals surface area contributed by atoms with Crippen LogP contribution in [0.1, 0.15) is 19.3 Å². The van der Waals surface area contributed by atoms with Crippen LogP contribution in [0, 0.1) is 5.92 Å². The van der Waals surface area contributed by atoms with E-state index in [0.29, 0.717) is 12.8 Å². The molecule has 3 nitrogen and oxygen atoms in total.